The average Bonchev–Trinajstić information content (AvgIpc) is 3.15. The molecule has 3 heteroatoms. The van der Waals surface area contributed by atoms with Gasteiger partial charge < -0.3 is 9.07 Å². The second kappa shape index (κ2) is 5.99. The molecule has 0 N–H and O–H groups in total. The van der Waals surface area contributed by atoms with Gasteiger partial charge in [0.05, 0.1) is 5.60 Å². The minimum Gasteiger partial charge on any atom is -0.455 e. The summed E-state index contributed by atoms with van der Waals surface area (Å²) in [4.78, 5) is 0. The van der Waals surface area contributed by atoms with Crippen molar-refractivity contribution in [2.45, 2.75) is 39.6 Å². The van der Waals surface area contributed by atoms with Crippen LogP contribution in [0, 0.1) is 5.41 Å². The lowest BCUT2D eigenvalue weighted by molar-refractivity contribution is 0.0375. The van der Waals surface area contributed by atoms with Crippen LogP contribution in [-0.2, 0) is 4.65 Å². The quantitative estimate of drug-likeness (QED) is 0.388. The largest absolute Gasteiger partial charge is 0.455 e. The zero-order valence-corrected chi connectivity index (χ0v) is 17.0. The van der Waals surface area contributed by atoms with Crippen molar-refractivity contribution in [3.05, 3.63) is 66.7 Å². The fraction of sp³-hybridized carbons (Fsp3) is 0.280. The van der Waals surface area contributed by atoms with Gasteiger partial charge in [0.2, 0.25) is 0 Å². The number of furan rings is 1. The fourth-order valence-corrected chi connectivity index (χ4v) is 4.33. The van der Waals surface area contributed by atoms with Crippen LogP contribution in [0.25, 0.3) is 33.1 Å². The molecule has 2 nitrogen and oxygen atoms in total. The van der Waals surface area contributed by atoms with E-state index in [1.165, 1.54) is 11.0 Å². The van der Waals surface area contributed by atoms with Crippen LogP contribution in [0.2, 0.25) is 6.32 Å². The Kier molecular flexibility index (Phi) is 3.76. The maximum atomic E-state index is 6.45. The van der Waals surface area contributed by atoms with Crippen LogP contribution in [0.4, 0.5) is 0 Å². The third-order valence-corrected chi connectivity index (χ3v) is 6.74. The van der Waals surface area contributed by atoms with Gasteiger partial charge in [-0.1, -0.05) is 74.5 Å². The minimum absolute atomic E-state index is 0.125. The third kappa shape index (κ3) is 2.61. The number of hydrogen-bond acceptors (Lipinski definition) is 2. The molecule has 2 heterocycles. The highest BCUT2D eigenvalue weighted by Crippen LogP contribution is 2.45. The third-order valence-electron chi connectivity index (χ3n) is 6.74. The van der Waals surface area contributed by atoms with Crippen molar-refractivity contribution in [2.24, 2.45) is 5.41 Å². The van der Waals surface area contributed by atoms with Crippen LogP contribution in [-0.4, -0.2) is 12.5 Å². The minimum atomic E-state index is -0.133. The fourth-order valence-electron chi connectivity index (χ4n) is 4.33. The molecule has 1 aliphatic heterocycles. The van der Waals surface area contributed by atoms with Gasteiger partial charge in [-0.2, -0.15) is 0 Å². The molecule has 0 spiro atoms. The highest BCUT2D eigenvalue weighted by atomic mass is 16.5. The Labute approximate surface area is 166 Å². The smallest absolute Gasteiger partial charge is 0.327 e. The van der Waals surface area contributed by atoms with E-state index in [9.17, 15) is 0 Å². The van der Waals surface area contributed by atoms with Crippen molar-refractivity contribution < 1.29 is 9.07 Å². The first-order chi connectivity index (χ1) is 13.4. The van der Waals surface area contributed by atoms with E-state index in [1.54, 1.807) is 0 Å². The van der Waals surface area contributed by atoms with Crippen molar-refractivity contribution in [1.82, 2.24) is 0 Å². The molecule has 3 aromatic carbocycles. The van der Waals surface area contributed by atoms with E-state index in [0.717, 1.165) is 33.8 Å². The molecule has 5 rings (SSSR count). The van der Waals surface area contributed by atoms with Gasteiger partial charge in [-0.25, -0.2) is 0 Å². The molecule has 0 amide bonds. The Morgan fingerprint density at radius 1 is 0.821 bits per heavy atom. The highest BCUT2D eigenvalue weighted by molar-refractivity contribution is 6.68. The van der Waals surface area contributed by atoms with Crippen LogP contribution in [0.1, 0.15) is 27.7 Å². The lowest BCUT2D eigenvalue weighted by atomic mass is 9.54. The SMILES string of the molecule is CC1(C)CB(c2cccc(-c3cccc4c3oc3ccccc34)c2)OC1(C)C. The van der Waals surface area contributed by atoms with Crippen molar-refractivity contribution in [2.75, 3.05) is 0 Å². The Hall–Kier alpha value is -2.52. The molecule has 0 atom stereocenters. The molecule has 0 unspecified atom stereocenters. The molecular weight excluding hydrogens is 343 g/mol. The molecule has 1 aromatic heterocycles. The predicted molar refractivity (Wildman–Crippen MR) is 118 cm³/mol. The number of para-hydroxylation sites is 2. The molecular formula is C25H25BO2. The summed E-state index contributed by atoms with van der Waals surface area (Å²) < 4.78 is 12.7. The van der Waals surface area contributed by atoms with Gasteiger partial charge in [0.25, 0.3) is 0 Å². The number of fused-ring (bicyclic) bond motifs is 3. The predicted octanol–water partition coefficient (Wildman–Crippen LogP) is 6.29. The van der Waals surface area contributed by atoms with Crippen molar-refractivity contribution in [3.63, 3.8) is 0 Å². The molecule has 0 radical (unpaired) electrons. The summed E-state index contributed by atoms with van der Waals surface area (Å²) in [6.45, 7) is 9.12. The van der Waals surface area contributed by atoms with E-state index in [2.05, 4.69) is 82.3 Å². The molecule has 140 valence electrons. The summed E-state index contributed by atoms with van der Waals surface area (Å²) in [7, 11) is 0. The zero-order chi connectivity index (χ0) is 19.5. The number of hydrogen-bond donors (Lipinski definition) is 0. The van der Waals surface area contributed by atoms with Crippen LogP contribution < -0.4 is 5.46 Å². The van der Waals surface area contributed by atoms with Gasteiger partial charge >= 0.3 is 6.92 Å². The van der Waals surface area contributed by atoms with Gasteiger partial charge in [0.15, 0.2) is 0 Å². The van der Waals surface area contributed by atoms with Gasteiger partial charge in [0.1, 0.15) is 11.2 Å². The second-order valence-electron chi connectivity index (χ2n) is 9.11. The summed E-state index contributed by atoms with van der Waals surface area (Å²) in [5, 5.41) is 2.33. The number of rotatable bonds is 2. The molecule has 0 saturated carbocycles. The Bertz CT molecular complexity index is 1170. The Balaban J connectivity index is 1.61. The van der Waals surface area contributed by atoms with Gasteiger partial charge in [0, 0.05) is 16.3 Å². The summed E-state index contributed by atoms with van der Waals surface area (Å²) in [6, 6.07) is 23.4. The maximum absolute atomic E-state index is 6.45. The molecule has 0 bridgehead atoms. The van der Waals surface area contributed by atoms with Crippen LogP contribution >= 0.6 is 0 Å². The van der Waals surface area contributed by atoms with Crippen molar-refractivity contribution in [1.29, 1.82) is 0 Å². The second-order valence-corrected chi connectivity index (χ2v) is 9.11. The van der Waals surface area contributed by atoms with Crippen molar-refractivity contribution >= 4 is 34.3 Å². The van der Waals surface area contributed by atoms with E-state index in [-0.39, 0.29) is 17.9 Å². The lowest BCUT2D eigenvalue weighted by Crippen LogP contribution is -2.36. The lowest BCUT2D eigenvalue weighted by Gasteiger charge is -2.34. The molecule has 1 fully saturated rings. The van der Waals surface area contributed by atoms with E-state index < -0.39 is 0 Å². The average molecular weight is 368 g/mol. The monoisotopic (exact) mass is 368 g/mol. The molecule has 1 saturated heterocycles. The standard InChI is InChI=1S/C25H25BO2/c1-24(2)16-26(28-25(24,3)4)18-10-7-9-17(15-18)19-12-8-13-21-20-11-5-6-14-22(20)27-23(19)21/h5-15H,16H2,1-4H3. The van der Waals surface area contributed by atoms with E-state index in [0.29, 0.717) is 0 Å². The van der Waals surface area contributed by atoms with Crippen LogP contribution in [0.5, 0.6) is 0 Å². The summed E-state index contributed by atoms with van der Waals surface area (Å²) in [5.41, 5.74) is 5.45. The summed E-state index contributed by atoms with van der Waals surface area (Å²) in [5.74, 6) is 0. The van der Waals surface area contributed by atoms with Gasteiger partial charge in [-0.15, -0.1) is 0 Å². The van der Waals surface area contributed by atoms with Crippen LogP contribution in [0.3, 0.4) is 0 Å². The first kappa shape index (κ1) is 17.6. The highest BCUT2D eigenvalue weighted by Gasteiger charge is 2.49. The topological polar surface area (TPSA) is 22.4 Å². The molecule has 0 aliphatic carbocycles. The van der Waals surface area contributed by atoms with E-state index >= 15 is 0 Å². The first-order valence-electron chi connectivity index (χ1n) is 10.0. The Morgan fingerprint density at radius 2 is 1.57 bits per heavy atom. The van der Waals surface area contributed by atoms with E-state index in [1.807, 2.05) is 12.1 Å². The van der Waals surface area contributed by atoms with Gasteiger partial charge in [-0.3, -0.25) is 0 Å². The summed E-state index contributed by atoms with van der Waals surface area (Å²) >= 11 is 0. The Morgan fingerprint density at radius 3 is 2.36 bits per heavy atom. The normalized spacial score (nSPS) is 18.2. The molecule has 28 heavy (non-hydrogen) atoms. The molecule has 4 aromatic rings. The molecule has 1 aliphatic rings. The van der Waals surface area contributed by atoms with Crippen molar-refractivity contribution in [3.8, 4) is 11.1 Å². The maximum Gasteiger partial charge on any atom is 0.327 e. The van der Waals surface area contributed by atoms with Gasteiger partial charge in [-0.05, 0) is 42.7 Å². The zero-order valence-electron chi connectivity index (χ0n) is 17.0. The van der Waals surface area contributed by atoms with Crippen LogP contribution in [0.15, 0.2) is 71.1 Å². The number of benzene rings is 3. The van der Waals surface area contributed by atoms with E-state index in [4.69, 9.17) is 9.07 Å². The first-order valence-corrected chi connectivity index (χ1v) is 10.0. The summed E-state index contributed by atoms with van der Waals surface area (Å²) in [6.07, 6.45) is 1.03.